The van der Waals surface area contributed by atoms with Crippen molar-refractivity contribution in [1.29, 1.82) is 0 Å². The maximum Gasteiger partial charge on any atom is 0.161 e. The largest absolute Gasteiger partial charge is 0.411 e. The number of hydrogen-bond donors (Lipinski definition) is 1. The molecule has 0 aliphatic rings. The van der Waals surface area contributed by atoms with Crippen LogP contribution in [0.3, 0.4) is 0 Å². The van der Waals surface area contributed by atoms with Crippen molar-refractivity contribution in [2.75, 3.05) is 0 Å². The smallest absolute Gasteiger partial charge is 0.161 e. The molecule has 0 heterocycles. The van der Waals surface area contributed by atoms with E-state index in [9.17, 15) is 13.2 Å². The lowest BCUT2D eigenvalue weighted by molar-refractivity contribution is 0.318. The summed E-state index contributed by atoms with van der Waals surface area (Å²) in [4.78, 5) is 0. The number of halogens is 3. The average Bonchev–Trinajstić information content (AvgIpc) is 2.10. The summed E-state index contributed by atoms with van der Waals surface area (Å²) in [5, 5.41) is 11.0. The van der Waals surface area contributed by atoms with Gasteiger partial charge in [-0.05, 0) is 13.0 Å². The molecule has 1 rings (SSSR count). The van der Waals surface area contributed by atoms with E-state index < -0.39 is 17.5 Å². The Bertz CT molecular complexity index is 363. The highest BCUT2D eigenvalue weighted by molar-refractivity contribution is 5.98. The first-order valence-electron chi connectivity index (χ1n) is 3.40. The topological polar surface area (TPSA) is 32.6 Å². The Morgan fingerprint density at radius 3 is 2.23 bits per heavy atom. The summed E-state index contributed by atoms with van der Waals surface area (Å²) in [5.41, 5.74) is -0.377. The summed E-state index contributed by atoms with van der Waals surface area (Å²) in [6.45, 7) is 1.27. The summed E-state index contributed by atoms with van der Waals surface area (Å²) in [7, 11) is 0. The van der Waals surface area contributed by atoms with Crippen LogP contribution in [0.25, 0.3) is 0 Å². The first-order chi connectivity index (χ1) is 6.06. The Balaban J connectivity index is 3.32. The maximum atomic E-state index is 12.9. The van der Waals surface area contributed by atoms with Gasteiger partial charge >= 0.3 is 0 Å². The fourth-order valence-electron chi connectivity index (χ4n) is 0.854. The second-order valence-electron chi connectivity index (χ2n) is 2.43. The van der Waals surface area contributed by atoms with E-state index in [2.05, 4.69) is 5.16 Å². The van der Waals surface area contributed by atoms with Gasteiger partial charge in [0.05, 0.1) is 5.71 Å². The quantitative estimate of drug-likeness (QED) is 0.312. The Labute approximate surface area is 72.3 Å². The lowest BCUT2D eigenvalue weighted by atomic mass is 10.1. The molecule has 0 aliphatic heterocycles. The molecule has 0 fully saturated rings. The zero-order chi connectivity index (χ0) is 10.0. The molecule has 0 aliphatic carbocycles. The molecule has 0 amide bonds. The van der Waals surface area contributed by atoms with Gasteiger partial charge in [-0.25, -0.2) is 13.2 Å². The molecule has 0 saturated heterocycles. The Kier molecular flexibility index (Phi) is 2.55. The molecule has 13 heavy (non-hydrogen) atoms. The van der Waals surface area contributed by atoms with Crippen LogP contribution < -0.4 is 0 Å². The van der Waals surface area contributed by atoms with E-state index in [-0.39, 0.29) is 11.3 Å². The van der Waals surface area contributed by atoms with Crippen molar-refractivity contribution >= 4 is 5.71 Å². The summed E-state index contributed by atoms with van der Waals surface area (Å²) in [6, 6.07) is 1.04. The minimum Gasteiger partial charge on any atom is -0.411 e. The number of nitrogens with zero attached hydrogens (tertiary/aromatic N) is 1. The SMILES string of the molecule is CC(=NO)c1cc(F)c(F)cc1F. The third-order valence-electron chi connectivity index (χ3n) is 1.55. The molecule has 1 aromatic rings. The van der Waals surface area contributed by atoms with E-state index in [1.807, 2.05) is 0 Å². The lowest BCUT2D eigenvalue weighted by Gasteiger charge is -2.01. The fraction of sp³-hybridized carbons (Fsp3) is 0.125. The Morgan fingerprint density at radius 1 is 1.15 bits per heavy atom. The number of benzene rings is 1. The van der Waals surface area contributed by atoms with Crippen molar-refractivity contribution in [3.8, 4) is 0 Å². The molecule has 0 saturated carbocycles. The van der Waals surface area contributed by atoms with Crippen molar-refractivity contribution in [3.63, 3.8) is 0 Å². The van der Waals surface area contributed by atoms with Crippen LogP contribution in [0.5, 0.6) is 0 Å². The van der Waals surface area contributed by atoms with Gasteiger partial charge in [0.1, 0.15) is 5.82 Å². The summed E-state index contributed by atoms with van der Waals surface area (Å²) < 4.78 is 37.9. The van der Waals surface area contributed by atoms with Crippen LogP contribution in [0.1, 0.15) is 12.5 Å². The number of hydrogen-bond acceptors (Lipinski definition) is 2. The summed E-state index contributed by atoms with van der Waals surface area (Å²) >= 11 is 0. The summed E-state index contributed by atoms with van der Waals surface area (Å²) in [6.07, 6.45) is 0. The van der Waals surface area contributed by atoms with Crippen LogP contribution in [-0.2, 0) is 0 Å². The van der Waals surface area contributed by atoms with Crippen LogP contribution in [0, 0.1) is 17.5 Å². The fourth-order valence-corrected chi connectivity index (χ4v) is 0.854. The number of rotatable bonds is 1. The molecule has 70 valence electrons. The Hall–Kier alpha value is -1.52. The van der Waals surface area contributed by atoms with Crippen molar-refractivity contribution in [2.24, 2.45) is 5.16 Å². The number of oxime groups is 1. The molecule has 0 spiro atoms. The molecule has 1 aromatic carbocycles. The van der Waals surface area contributed by atoms with E-state index >= 15 is 0 Å². The normalized spacial score (nSPS) is 11.8. The maximum absolute atomic E-state index is 12.9. The van der Waals surface area contributed by atoms with Gasteiger partial charge < -0.3 is 5.21 Å². The van der Waals surface area contributed by atoms with Crippen LogP contribution in [-0.4, -0.2) is 10.9 Å². The molecular formula is C8H6F3NO. The van der Waals surface area contributed by atoms with E-state index in [0.717, 1.165) is 0 Å². The molecule has 0 bridgehead atoms. The first kappa shape index (κ1) is 9.57. The van der Waals surface area contributed by atoms with Gasteiger partial charge in [-0.3, -0.25) is 0 Å². The van der Waals surface area contributed by atoms with Gasteiger partial charge in [-0.1, -0.05) is 5.16 Å². The van der Waals surface area contributed by atoms with Gasteiger partial charge in [0.15, 0.2) is 11.6 Å². The second-order valence-corrected chi connectivity index (χ2v) is 2.43. The van der Waals surface area contributed by atoms with Gasteiger partial charge in [0, 0.05) is 11.6 Å². The third-order valence-corrected chi connectivity index (χ3v) is 1.55. The molecule has 2 nitrogen and oxygen atoms in total. The monoisotopic (exact) mass is 189 g/mol. The molecule has 0 unspecified atom stereocenters. The van der Waals surface area contributed by atoms with E-state index in [1.54, 1.807) is 0 Å². The molecule has 0 aromatic heterocycles. The molecule has 1 N–H and O–H groups in total. The van der Waals surface area contributed by atoms with Crippen molar-refractivity contribution in [1.82, 2.24) is 0 Å². The molecule has 0 atom stereocenters. The van der Waals surface area contributed by atoms with Gasteiger partial charge in [0.25, 0.3) is 0 Å². The average molecular weight is 189 g/mol. The lowest BCUT2D eigenvalue weighted by Crippen LogP contribution is -2.01. The van der Waals surface area contributed by atoms with Crippen molar-refractivity contribution < 1.29 is 18.4 Å². The Morgan fingerprint density at radius 2 is 1.69 bits per heavy atom. The van der Waals surface area contributed by atoms with Crippen LogP contribution in [0.4, 0.5) is 13.2 Å². The van der Waals surface area contributed by atoms with Gasteiger partial charge in [-0.15, -0.1) is 0 Å². The van der Waals surface area contributed by atoms with Crippen molar-refractivity contribution in [2.45, 2.75) is 6.92 Å². The second kappa shape index (κ2) is 3.47. The predicted octanol–water partition coefficient (Wildman–Crippen LogP) is 2.30. The van der Waals surface area contributed by atoms with E-state index in [0.29, 0.717) is 12.1 Å². The molecule has 0 radical (unpaired) electrons. The zero-order valence-electron chi connectivity index (χ0n) is 6.68. The van der Waals surface area contributed by atoms with Crippen LogP contribution in [0.15, 0.2) is 17.3 Å². The van der Waals surface area contributed by atoms with E-state index in [4.69, 9.17) is 5.21 Å². The zero-order valence-corrected chi connectivity index (χ0v) is 6.68. The van der Waals surface area contributed by atoms with Gasteiger partial charge in [-0.2, -0.15) is 0 Å². The first-order valence-corrected chi connectivity index (χ1v) is 3.40. The third kappa shape index (κ3) is 1.80. The van der Waals surface area contributed by atoms with Crippen molar-refractivity contribution in [3.05, 3.63) is 35.1 Å². The van der Waals surface area contributed by atoms with Gasteiger partial charge in [0.2, 0.25) is 0 Å². The van der Waals surface area contributed by atoms with Crippen LogP contribution in [0.2, 0.25) is 0 Å². The van der Waals surface area contributed by atoms with Crippen LogP contribution >= 0.6 is 0 Å². The minimum absolute atomic E-state index is 0.114. The summed E-state index contributed by atoms with van der Waals surface area (Å²) in [5.74, 6) is -3.42. The molecule has 5 heteroatoms. The van der Waals surface area contributed by atoms with E-state index in [1.165, 1.54) is 6.92 Å². The standard InChI is InChI=1S/C8H6F3NO/c1-4(12-13)5-2-7(10)8(11)3-6(5)9/h2-3,13H,1H3. The highest BCUT2D eigenvalue weighted by atomic mass is 19.2. The highest BCUT2D eigenvalue weighted by Gasteiger charge is 2.11. The predicted molar refractivity (Wildman–Crippen MR) is 40.3 cm³/mol. The molecular weight excluding hydrogens is 183 g/mol. The highest BCUT2D eigenvalue weighted by Crippen LogP contribution is 2.14. The minimum atomic E-state index is -1.27.